The van der Waals surface area contributed by atoms with Gasteiger partial charge < -0.3 is 19.3 Å². The summed E-state index contributed by atoms with van der Waals surface area (Å²) in [4.78, 5) is 41.0. The molecule has 0 rings (SSSR count). The van der Waals surface area contributed by atoms with Crippen molar-refractivity contribution >= 4 is 28.9 Å². The van der Waals surface area contributed by atoms with E-state index in [4.69, 9.17) is 9.47 Å². The molecular formula is C39H72N2O5S. The number of hydrogen-bond donors (Lipinski definition) is 0. The van der Waals surface area contributed by atoms with E-state index >= 15 is 0 Å². The van der Waals surface area contributed by atoms with Crippen LogP contribution in [0.15, 0.2) is 24.3 Å². The number of rotatable bonds is 33. The van der Waals surface area contributed by atoms with Crippen LogP contribution in [-0.4, -0.2) is 79.7 Å². The van der Waals surface area contributed by atoms with E-state index in [1.54, 1.807) is 0 Å². The zero-order valence-electron chi connectivity index (χ0n) is 31.0. The predicted molar refractivity (Wildman–Crippen MR) is 201 cm³/mol. The number of hydrogen-bond acceptors (Lipinski definition) is 7. The van der Waals surface area contributed by atoms with Gasteiger partial charge in [0.05, 0.1) is 13.2 Å². The molecule has 0 N–H and O–H groups in total. The van der Waals surface area contributed by atoms with E-state index < -0.39 is 0 Å². The number of esters is 2. The van der Waals surface area contributed by atoms with Gasteiger partial charge in [0.25, 0.3) is 5.24 Å². The molecule has 0 unspecified atom stereocenters. The van der Waals surface area contributed by atoms with Crippen molar-refractivity contribution in [1.29, 1.82) is 0 Å². The zero-order valence-corrected chi connectivity index (χ0v) is 31.8. The van der Waals surface area contributed by atoms with Crippen LogP contribution in [0.1, 0.15) is 155 Å². The molecule has 47 heavy (non-hydrogen) atoms. The Morgan fingerprint density at radius 3 is 1.40 bits per heavy atom. The molecule has 0 fully saturated rings. The van der Waals surface area contributed by atoms with Crippen molar-refractivity contribution in [1.82, 2.24) is 9.80 Å². The van der Waals surface area contributed by atoms with Gasteiger partial charge in [-0.3, -0.25) is 14.4 Å². The third-order valence-corrected chi connectivity index (χ3v) is 8.90. The first-order chi connectivity index (χ1) is 22.9. The van der Waals surface area contributed by atoms with Crippen molar-refractivity contribution in [2.75, 3.05) is 52.7 Å². The minimum Gasteiger partial charge on any atom is -0.466 e. The smallest absolute Gasteiger partial charge is 0.306 e. The lowest BCUT2D eigenvalue weighted by Crippen LogP contribution is -2.30. The lowest BCUT2D eigenvalue weighted by Gasteiger charge is -2.22. The summed E-state index contributed by atoms with van der Waals surface area (Å²) in [5.74, 6) is 0.575. The summed E-state index contributed by atoms with van der Waals surface area (Å²) in [7, 11) is 4.05. The van der Waals surface area contributed by atoms with Crippen molar-refractivity contribution in [2.45, 2.75) is 155 Å². The van der Waals surface area contributed by atoms with Gasteiger partial charge in [0.15, 0.2) is 0 Å². The van der Waals surface area contributed by atoms with Crippen LogP contribution in [0.2, 0.25) is 0 Å². The van der Waals surface area contributed by atoms with Crippen LogP contribution in [0.5, 0.6) is 0 Å². The Morgan fingerprint density at radius 1 is 0.532 bits per heavy atom. The van der Waals surface area contributed by atoms with Crippen LogP contribution >= 0.6 is 11.8 Å². The number of unbranched alkanes of at least 4 members (excludes halogenated alkanes) is 14. The number of ether oxygens (including phenoxy) is 2. The third-order valence-electron chi connectivity index (χ3n) is 8.01. The topological polar surface area (TPSA) is 76.1 Å². The molecule has 274 valence electrons. The summed E-state index contributed by atoms with van der Waals surface area (Å²) in [5, 5.41) is 0.166. The summed E-state index contributed by atoms with van der Waals surface area (Å²) < 4.78 is 10.8. The average molecular weight is 681 g/mol. The highest BCUT2D eigenvalue weighted by molar-refractivity contribution is 8.13. The molecule has 8 heteroatoms. The summed E-state index contributed by atoms with van der Waals surface area (Å²) in [6.45, 7) is 7.82. The maximum absolute atomic E-state index is 12.9. The van der Waals surface area contributed by atoms with Crippen molar-refractivity contribution in [2.24, 2.45) is 0 Å². The second kappa shape index (κ2) is 35.5. The molecule has 0 aliphatic heterocycles. The molecule has 0 aliphatic carbocycles. The molecular weight excluding hydrogens is 609 g/mol. The van der Waals surface area contributed by atoms with Gasteiger partial charge >= 0.3 is 11.9 Å². The maximum Gasteiger partial charge on any atom is 0.306 e. The number of carbonyl (C=O) groups is 3. The van der Waals surface area contributed by atoms with Crippen molar-refractivity contribution in [3.8, 4) is 0 Å². The number of allylic oxidation sites excluding steroid dienone is 4. The Labute approximate surface area is 294 Å². The molecule has 0 aromatic heterocycles. The molecule has 0 atom stereocenters. The van der Waals surface area contributed by atoms with Gasteiger partial charge in [-0.2, -0.15) is 0 Å². The van der Waals surface area contributed by atoms with Gasteiger partial charge in [-0.05, 0) is 91.1 Å². The normalized spacial score (nSPS) is 11.6. The van der Waals surface area contributed by atoms with Crippen molar-refractivity contribution < 1.29 is 23.9 Å². The Bertz CT molecular complexity index is 750. The van der Waals surface area contributed by atoms with Gasteiger partial charge in [-0.15, -0.1) is 0 Å². The molecule has 0 radical (unpaired) electrons. The summed E-state index contributed by atoms with van der Waals surface area (Å²) in [6, 6.07) is 0. The van der Waals surface area contributed by atoms with Crippen LogP contribution in [0.4, 0.5) is 4.79 Å². The molecule has 0 aromatic carbocycles. The Balaban J connectivity index is 4.07. The SMILES string of the molecule is CCCCCCC=CCCC(=O)OCCCCCCN(CCCCCCOC(=O)CCC=CCCCCCC)C(=O)SCCN(C)C. The number of amides is 1. The highest BCUT2D eigenvalue weighted by Crippen LogP contribution is 2.14. The molecule has 1 amide bonds. The van der Waals surface area contributed by atoms with Crippen LogP contribution in [0.3, 0.4) is 0 Å². The monoisotopic (exact) mass is 681 g/mol. The van der Waals surface area contributed by atoms with E-state index in [0.717, 1.165) is 102 Å². The zero-order chi connectivity index (χ0) is 34.6. The summed E-state index contributed by atoms with van der Waals surface area (Å²) in [5.41, 5.74) is 0. The van der Waals surface area contributed by atoms with E-state index in [1.807, 2.05) is 19.0 Å². The minimum absolute atomic E-state index is 0.110. The second-order valence-corrected chi connectivity index (χ2v) is 13.9. The van der Waals surface area contributed by atoms with Gasteiger partial charge in [-0.25, -0.2) is 0 Å². The van der Waals surface area contributed by atoms with Gasteiger partial charge in [0, 0.05) is 38.2 Å². The van der Waals surface area contributed by atoms with Crippen LogP contribution in [0, 0.1) is 0 Å². The number of carbonyl (C=O) groups excluding carboxylic acids is 3. The largest absolute Gasteiger partial charge is 0.466 e. The molecule has 0 aromatic rings. The fourth-order valence-electron chi connectivity index (χ4n) is 4.99. The number of nitrogens with zero attached hydrogens (tertiary/aromatic N) is 2. The lowest BCUT2D eigenvalue weighted by molar-refractivity contribution is -0.144. The van der Waals surface area contributed by atoms with Crippen LogP contribution < -0.4 is 0 Å². The molecule has 0 heterocycles. The van der Waals surface area contributed by atoms with Gasteiger partial charge in [0.2, 0.25) is 0 Å². The molecule has 0 saturated carbocycles. The summed E-state index contributed by atoms with van der Waals surface area (Å²) >= 11 is 1.41. The Morgan fingerprint density at radius 2 is 0.957 bits per heavy atom. The predicted octanol–water partition coefficient (Wildman–Crippen LogP) is 10.5. The van der Waals surface area contributed by atoms with Crippen LogP contribution in [0.25, 0.3) is 0 Å². The molecule has 0 aliphatic rings. The van der Waals surface area contributed by atoms with Gasteiger partial charge in [0.1, 0.15) is 0 Å². The first kappa shape index (κ1) is 45.2. The standard InChI is InChI=1S/C39H72N2O5S/c1-5-7-9-11-13-15-17-23-29-37(42)45-34-27-21-19-25-31-41(39(44)47-36-33-40(3)4)32-26-20-22-28-35-46-38(43)30-24-18-16-14-12-10-8-6-2/h15-18H,5-14,19-36H2,1-4H3. The van der Waals surface area contributed by atoms with E-state index in [0.29, 0.717) is 26.1 Å². The van der Waals surface area contributed by atoms with Crippen molar-refractivity contribution in [3.05, 3.63) is 24.3 Å². The fraction of sp³-hybridized carbons (Fsp3) is 0.821. The highest BCUT2D eigenvalue weighted by atomic mass is 32.2. The minimum atomic E-state index is -0.110. The van der Waals surface area contributed by atoms with E-state index in [9.17, 15) is 14.4 Å². The Kier molecular flexibility index (Phi) is 34.1. The highest BCUT2D eigenvalue weighted by Gasteiger charge is 2.14. The van der Waals surface area contributed by atoms with Crippen LogP contribution in [-0.2, 0) is 19.1 Å². The van der Waals surface area contributed by atoms with E-state index in [2.05, 4.69) is 43.1 Å². The Hall–Kier alpha value is -1.80. The maximum atomic E-state index is 12.9. The molecule has 0 saturated heterocycles. The summed E-state index contributed by atoms with van der Waals surface area (Å²) in [6.07, 6.45) is 31.0. The first-order valence-electron chi connectivity index (χ1n) is 19.1. The van der Waals surface area contributed by atoms with Gasteiger partial charge in [-0.1, -0.05) is 101 Å². The quantitative estimate of drug-likeness (QED) is 0.0388. The second-order valence-electron chi connectivity index (χ2n) is 12.9. The lowest BCUT2D eigenvalue weighted by atomic mass is 10.1. The average Bonchev–Trinajstić information content (AvgIpc) is 3.05. The van der Waals surface area contributed by atoms with E-state index in [1.165, 1.54) is 63.1 Å². The number of thioether (sulfide) groups is 1. The van der Waals surface area contributed by atoms with E-state index in [-0.39, 0.29) is 17.2 Å². The third kappa shape index (κ3) is 33.9. The molecule has 7 nitrogen and oxygen atoms in total. The molecule has 0 bridgehead atoms. The molecule has 0 spiro atoms. The fourth-order valence-corrected chi connectivity index (χ4v) is 5.98. The first-order valence-corrected chi connectivity index (χ1v) is 20.1. The van der Waals surface area contributed by atoms with Crippen molar-refractivity contribution in [3.63, 3.8) is 0 Å².